The molecule has 32 heavy (non-hydrogen) atoms. The summed E-state index contributed by atoms with van der Waals surface area (Å²) in [5, 5.41) is 36.6. The maximum absolute atomic E-state index is 12.8. The molecule has 1 saturated carbocycles. The Bertz CT molecular complexity index is 995. The summed E-state index contributed by atoms with van der Waals surface area (Å²) < 4.78 is 2.57. The van der Waals surface area contributed by atoms with Crippen molar-refractivity contribution >= 4 is 17.5 Å². The Morgan fingerprint density at radius 1 is 1.28 bits per heavy atom. The first-order valence-electron chi connectivity index (χ1n) is 11.0. The van der Waals surface area contributed by atoms with Crippen molar-refractivity contribution in [2.45, 2.75) is 70.1 Å². The van der Waals surface area contributed by atoms with Crippen LogP contribution in [0.25, 0.3) is 5.69 Å². The van der Waals surface area contributed by atoms with Crippen LogP contribution in [0.2, 0.25) is 5.02 Å². The number of hydrogen-bond acceptors (Lipinski definition) is 6. The van der Waals surface area contributed by atoms with Crippen LogP contribution in [-0.4, -0.2) is 60.4 Å². The smallest absolute Gasteiger partial charge is 0.350 e. The molecule has 1 atom stereocenters. The standard InChI is InChI=1S/C22H31ClN4O5/c1-15-25-27(21(31)26(15)11-8-17(29)13-28)16-6-7-19(23)18(12-16)20(30)24-14-22(32)9-4-2-3-5-10-22/h6-7,12,17,28-29,32H,2-5,8-11,13-14H2,1H3,(H,24,30). The van der Waals surface area contributed by atoms with E-state index in [1.165, 1.54) is 21.4 Å². The molecule has 3 rings (SSSR count). The van der Waals surface area contributed by atoms with Gasteiger partial charge in [-0.05, 0) is 44.4 Å². The Kier molecular flexibility index (Phi) is 8.10. The third-order valence-electron chi connectivity index (χ3n) is 6.00. The Labute approximate surface area is 191 Å². The molecule has 1 aromatic heterocycles. The van der Waals surface area contributed by atoms with E-state index in [0.717, 1.165) is 25.7 Å². The molecule has 0 aliphatic heterocycles. The Morgan fingerprint density at radius 2 is 1.97 bits per heavy atom. The van der Waals surface area contributed by atoms with Crippen molar-refractivity contribution in [2.24, 2.45) is 0 Å². The monoisotopic (exact) mass is 466 g/mol. The van der Waals surface area contributed by atoms with Gasteiger partial charge in [0.1, 0.15) is 5.82 Å². The lowest BCUT2D eigenvalue weighted by Crippen LogP contribution is -2.42. The minimum Gasteiger partial charge on any atom is -0.394 e. The van der Waals surface area contributed by atoms with Crippen LogP contribution in [0.3, 0.4) is 0 Å². The minimum atomic E-state index is -0.918. The second kappa shape index (κ2) is 10.6. The molecule has 1 heterocycles. The number of carbonyl (C=O) groups is 1. The molecule has 1 aliphatic carbocycles. The summed E-state index contributed by atoms with van der Waals surface area (Å²) in [6, 6.07) is 4.62. The summed E-state index contributed by atoms with van der Waals surface area (Å²) in [5.41, 5.74) is -0.769. The van der Waals surface area contributed by atoms with Gasteiger partial charge in [0.05, 0.1) is 34.6 Å². The highest BCUT2D eigenvalue weighted by atomic mass is 35.5. The highest BCUT2D eigenvalue weighted by molar-refractivity contribution is 6.33. The van der Waals surface area contributed by atoms with Gasteiger partial charge in [0, 0.05) is 13.1 Å². The number of nitrogens with one attached hydrogen (secondary N) is 1. The van der Waals surface area contributed by atoms with Gasteiger partial charge in [0.25, 0.3) is 5.91 Å². The van der Waals surface area contributed by atoms with E-state index in [1.807, 2.05) is 0 Å². The van der Waals surface area contributed by atoms with Crippen molar-refractivity contribution in [3.05, 3.63) is 45.1 Å². The van der Waals surface area contributed by atoms with Gasteiger partial charge in [-0.2, -0.15) is 9.78 Å². The van der Waals surface area contributed by atoms with Crippen molar-refractivity contribution in [2.75, 3.05) is 13.2 Å². The fourth-order valence-electron chi connectivity index (χ4n) is 4.01. The van der Waals surface area contributed by atoms with Gasteiger partial charge in [-0.3, -0.25) is 9.36 Å². The summed E-state index contributed by atoms with van der Waals surface area (Å²) >= 11 is 6.25. The number of aliphatic hydroxyl groups excluding tert-OH is 2. The van der Waals surface area contributed by atoms with E-state index >= 15 is 0 Å². The quantitative estimate of drug-likeness (QED) is 0.437. The highest BCUT2D eigenvalue weighted by Crippen LogP contribution is 2.27. The van der Waals surface area contributed by atoms with E-state index in [0.29, 0.717) is 24.4 Å². The number of aromatic nitrogens is 3. The zero-order valence-corrected chi connectivity index (χ0v) is 19.0. The second-order valence-corrected chi connectivity index (χ2v) is 8.91. The zero-order valence-electron chi connectivity index (χ0n) is 18.3. The maximum Gasteiger partial charge on any atom is 0.350 e. The molecule has 0 bridgehead atoms. The predicted molar refractivity (Wildman–Crippen MR) is 120 cm³/mol. The molecular formula is C22H31ClN4O5. The SMILES string of the molecule is Cc1nn(-c2ccc(Cl)c(C(=O)NCC3(O)CCCCCC3)c2)c(=O)n1CCC(O)CO. The van der Waals surface area contributed by atoms with Crippen LogP contribution < -0.4 is 11.0 Å². The summed E-state index contributed by atoms with van der Waals surface area (Å²) in [6.07, 6.45) is 4.63. The van der Waals surface area contributed by atoms with E-state index in [2.05, 4.69) is 10.4 Å². The molecule has 0 spiro atoms. The van der Waals surface area contributed by atoms with Gasteiger partial charge in [-0.1, -0.05) is 37.3 Å². The number of amides is 1. The molecule has 0 radical (unpaired) electrons. The number of hydrogen-bond donors (Lipinski definition) is 4. The van der Waals surface area contributed by atoms with Gasteiger partial charge in [0.2, 0.25) is 0 Å². The lowest BCUT2D eigenvalue weighted by molar-refractivity contribution is 0.0246. The van der Waals surface area contributed by atoms with Crippen LogP contribution in [0.15, 0.2) is 23.0 Å². The van der Waals surface area contributed by atoms with Gasteiger partial charge in [-0.25, -0.2) is 4.79 Å². The average Bonchev–Trinajstić information content (AvgIpc) is 2.92. The van der Waals surface area contributed by atoms with E-state index in [-0.39, 0.29) is 36.7 Å². The molecule has 0 saturated heterocycles. The molecule has 176 valence electrons. The predicted octanol–water partition coefficient (Wildman–Crippen LogP) is 1.55. The minimum absolute atomic E-state index is 0.146. The largest absolute Gasteiger partial charge is 0.394 e. The van der Waals surface area contributed by atoms with Crippen LogP contribution in [-0.2, 0) is 6.54 Å². The third kappa shape index (κ3) is 5.78. The summed E-state index contributed by atoms with van der Waals surface area (Å²) in [4.78, 5) is 25.6. The molecule has 1 unspecified atom stereocenters. The first-order valence-corrected chi connectivity index (χ1v) is 11.4. The first-order chi connectivity index (χ1) is 15.2. The zero-order chi connectivity index (χ0) is 23.3. The number of carbonyl (C=O) groups excluding carboxylic acids is 1. The molecule has 1 amide bonds. The summed E-state index contributed by atoms with van der Waals surface area (Å²) in [7, 11) is 0. The van der Waals surface area contributed by atoms with E-state index in [9.17, 15) is 19.8 Å². The van der Waals surface area contributed by atoms with Crippen LogP contribution in [0, 0.1) is 6.92 Å². The van der Waals surface area contributed by atoms with E-state index < -0.39 is 23.3 Å². The normalized spacial score (nSPS) is 17.0. The second-order valence-electron chi connectivity index (χ2n) is 8.50. The van der Waals surface area contributed by atoms with Crippen molar-refractivity contribution < 1.29 is 20.1 Å². The molecule has 2 aromatic rings. The fraction of sp³-hybridized carbons (Fsp3) is 0.591. The van der Waals surface area contributed by atoms with E-state index in [4.69, 9.17) is 16.7 Å². The van der Waals surface area contributed by atoms with Crippen LogP contribution >= 0.6 is 11.6 Å². The number of rotatable bonds is 8. The number of benzene rings is 1. The number of aryl methyl sites for hydroxylation is 1. The summed E-state index contributed by atoms with van der Waals surface area (Å²) in [6.45, 7) is 1.63. The molecule has 9 nitrogen and oxygen atoms in total. The fourth-order valence-corrected chi connectivity index (χ4v) is 4.22. The lowest BCUT2D eigenvalue weighted by atomic mass is 9.94. The van der Waals surface area contributed by atoms with Crippen molar-refractivity contribution in [1.29, 1.82) is 0 Å². The topological polar surface area (TPSA) is 130 Å². The van der Waals surface area contributed by atoms with Crippen LogP contribution in [0.5, 0.6) is 0 Å². The lowest BCUT2D eigenvalue weighted by Gasteiger charge is -2.26. The molecule has 1 fully saturated rings. The Morgan fingerprint density at radius 3 is 2.62 bits per heavy atom. The summed E-state index contributed by atoms with van der Waals surface area (Å²) in [5.74, 6) is 0.0153. The highest BCUT2D eigenvalue weighted by Gasteiger charge is 2.29. The maximum atomic E-state index is 12.8. The van der Waals surface area contributed by atoms with Gasteiger partial charge in [0.15, 0.2) is 0 Å². The van der Waals surface area contributed by atoms with Gasteiger partial charge in [-0.15, -0.1) is 0 Å². The number of nitrogens with zero attached hydrogens (tertiary/aromatic N) is 3. The average molecular weight is 467 g/mol. The molecule has 4 N–H and O–H groups in total. The van der Waals surface area contributed by atoms with Crippen molar-refractivity contribution in [3.63, 3.8) is 0 Å². The molecule has 1 aliphatic rings. The van der Waals surface area contributed by atoms with Gasteiger partial charge < -0.3 is 20.6 Å². The van der Waals surface area contributed by atoms with Crippen molar-refractivity contribution in [1.82, 2.24) is 19.7 Å². The first kappa shape index (κ1) is 24.4. The third-order valence-corrected chi connectivity index (χ3v) is 6.33. The van der Waals surface area contributed by atoms with Gasteiger partial charge >= 0.3 is 5.69 Å². The van der Waals surface area contributed by atoms with E-state index in [1.54, 1.807) is 13.0 Å². The van der Waals surface area contributed by atoms with Crippen molar-refractivity contribution in [3.8, 4) is 5.69 Å². The van der Waals surface area contributed by atoms with Crippen LogP contribution in [0.4, 0.5) is 0 Å². The van der Waals surface area contributed by atoms with Crippen LogP contribution in [0.1, 0.15) is 61.1 Å². The molecule has 1 aromatic carbocycles. The number of halogens is 1. The molecular weight excluding hydrogens is 436 g/mol. The Balaban J connectivity index is 1.78. The number of aliphatic hydroxyl groups is 3. The molecule has 10 heteroatoms. The Hall–Kier alpha value is -2.20.